The average molecular weight is 332 g/mol. The molecule has 136 valence electrons. The van der Waals surface area contributed by atoms with E-state index < -0.39 is 0 Å². The van der Waals surface area contributed by atoms with Crippen molar-refractivity contribution in [1.29, 1.82) is 0 Å². The van der Waals surface area contributed by atoms with Gasteiger partial charge in [0.15, 0.2) is 0 Å². The highest BCUT2D eigenvalue weighted by Crippen LogP contribution is 2.79. The van der Waals surface area contributed by atoms with Gasteiger partial charge in [-0.05, 0) is 85.9 Å². The van der Waals surface area contributed by atoms with Crippen LogP contribution in [0.1, 0.15) is 78.6 Å². The van der Waals surface area contributed by atoms with E-state index in [9.17, 15) is 5.11 Å². The van der Waals surface area contributed by atoms with Gasteiger partial charge in [0.05, 0.1) is 0 Å². The molecule has 3 heterocycles. The van der Waals surface area contributed by atoms with Gasteiger partial charge in [0.25, 0.3) is 0 Å². The number of piperidine rings is 2. The zero-order valence-corrected chi connectivity index (χ0v) is 16.1. The average Bonchev–Trinajstić information content (AvgIpc) is 3.02. The van der Waals surface area contributed by atoms with Crippen LogP contribution in [-0.4, -0.2) is 34.7 Å². The van der Waals surface area contributed by atoms with E-state index in [2.05, 4.69) is 25.7 Å². The molecule has 2 heteroatoms. The summed E-state index contributed by atoms with van der Waals surface area (Å²) in [4.78, 5) is 3.11. The lowest BCUT2D eigenvalue weighted by Gasteiger charge is -2.67. The van der Waals surface area contributed by atoms with E-state index in [4.69, 9.17) is 0 Å². The molecule has 5 rings (SSSR count). The lowest BCUT2D eigenvalue weighted by molar-refractivity contribution is -0.182. The third-order valence-corrected chi connectivity index (χ3v) is 10.1. The van der Waals surface area contributed by atoms with Crippen molar-refractivity contribution in [2.45, 2.75) is 90.1 Å². The van der Waals surface area contributed by atoms with Gasteiger partial charge < -0.3 is 5.11 Å². The molecule has 5 fully saturated rings. The van der Waals surface area contributed by atoms with Crippen molar-refractivity contribution in [3.63, 3.8) is 0 Å². The fourth-order valence-electron chi connectivity index (χ4n) is 9.38. The van der Waals surface area contributed by atoms with Crippen LogP contribution >= 0.6 is 0 Å². The van der Waals surface area contributed by atoms with Gasteiger partial charge in [-0.2, -0.15) is 0 Å². The molecule has 1 N–H and O–H groups in total. The zero-order chi connectivity index (χ0) is 16.7. The number of hydrogen-bond acceptors (Lipinski definition) is 2. The first-order chi connectivity index (χ1) is 11.5. The van der Waals surface area contributed by atoms with Crippen LogP contribution < -0.4 is 0 Å². The lowest BCUT2D eigenvalue weighted by atomic mass is 9.42. The Hall–Kier alpha value is -0.0800. The Balaban J connectivity index is 1.71. The molecule has 1 spiro atoms. The minimum absolute atomic E-state index is 0.390. The second kappa shape index (κ2) is 5.00. The third-order valence-electron chi connectivity index (χ3n) is 10.1. The summed E-state index contributed by atoms with van der Waals surface area (Å²) in [5, 5.41) is 9.72. The molecule has 24 heavy (non-hydrogen) atoms. The molecule has 2 saturated carbocycles. The van der Waals surface area contributed by atoms with E-state index in [0.717, 1.165) is 36.1 Å². The van der Waals surface area contributed by atoms with Crippen molar-refractivity contribution < 1.29 is 5.11 Å². The molecule has 2 nitrogen and oxygen atoms in total. The summed E-state index contributed by atoms with van der Waals surface area (Å²) in [5.74, 6) is 3.55. The SMILES string of the molecule is CC(C)[C@H]1CC[C@@]2(C)[C@@H]3CC[C@]45CCC[C@H]4[C@@]2(CCCO)[C@@H]1N5C3. The maximum atomic E-state index is 9.72. The lowest BCUT2D eigenvalue weighted by Crippen LogP contribution is -2.68. The predicted octanol–water partition coefficient (Wildman–Crippen LogP) is 4.46. The summed E-state index contributed by atoms with van der Waals surface area (Å²) in [6.07, 6.45) is 12.6. The Labute approximate surface area is 148 Å². The standard InChI is InChI=1S/C22H37NO/c1-15(2)17-8-11-20(3)16-7-12-21-9-4-6-18(21)22(20,10-5-13-24)19(17)23(21)14-16/h15-19,24H,4-14H2,1-3H3/t16-,17-,18-,19-,20+,21-,22+/m1/s1. The first-order valence-corrected chi connectivity index (χ1v) is 10.9. The topological polar surface area (TPSA) is 23.5 Å². The second-order valence-electron chi connectivity index (χ2n) is 10.6. The second-order valence-corrected chi connectivity index (χ2v) is 10.6. The molecule has 5 aliphatic rings. The summed E-state index contributed by atoms with van der Waals surface area (Å²) in [6, 6.07) is 0.824. The smallest absolute Gasteiger partial charge is 0.0431 e. The van der Waals surface area contributed by atoms with Gasteiger partial charge >= 0.3 is 0 Å². The van der Waals surface area contributed by atoms with E-state index in [1.165, 1.54) is 57.9 Å². The molecule has 3 saturated heterocycles. The Kier molecular flexibility index (Phi) is 3.36. The van der Waals surface area contributed by atoms with Crippen molar-refractivity contribution >= 4 is 0 Å². The van der Waals surface area contributed by atoms with E-state index in [-0.39, 0.29) is 0 Å². The normalized spacial score (nSPS) is 57.6. The molecular weight excluding hydrogens is 294 g/mol. The number of fused-ring (bicyclic) bond motifs is 2. The summed E-state index contributed by atoms with van der Waals surface area (Å²) >= 11 is 0. The molecule has 3 aliphatic heterocycles. The van der Waals surface area contributed by atoms with Crippen molar-refractivity contribution in [1.82, 2.24) is 4.90 Å². The van der Waals surface area contributed by atoms with Crippen LogP contribution in [0.3, 0.4) is 0 Å². The molecule has 0 amide bonds. The third kappa shape index (κ3) is 1.54. The molecule has 5 bridgehead atoms. The Morgan fingerprint density at radius 1 is 1.12 bits per heavy atom. The highest BCUT2D eigenvalue weighted by atomic mass is 16.2. The van der Waals surface area contributed by atoms with E-state index >= 15 is 0 Å². The summed E-state index contributed by atoms with van der Waals surface area (Å²) in [6.45, 7) is 9.46. The number of hydrogen-bond donors (Lipinski definition) is 1. The van der Waals surface area contributed by atoms with Crippen LogP contribution in [0.4, 0.5) is 0 Å². The van der Waals surface area contributed by atoms with Gasteiger partial charge in [0.1, 0.15) is 0 Å². The van der Waals surface area contributed by atoms with Gasteiger partial charge in [-0.15, -0.1) is 0 Å². The van der Waals surface area contributed by atoms with Gasteiger partial charge in [0.2, 0.25) is 0 Å². The molecule has 0 aromatic heterocycles. The molecule has 1 unspecified atom stereocenters. The van der Waals surface area contributed by atoms with Crippen molar-refractivity contribution in [2.75, 3.05) is 13.2 Å². The monoisotopic (exact) mass is 331 g/mol. The summed E-state index contributed by atoms with van der Waals surface area (Å²) in [5.41, 5.74) is 1.62. The molecule has 0 aromatic carbocycles. The van der Waals surface area contributed by atoms with E-state index in [1.807, 2.05) is 0 Å². The Bertz CT molecular complexity index is 532. The van der Waals surface area contributed by atoms with Crippen LogP contribution in [0, 0.1) is 34.5 Å². The van der Waals surface area contributed by atoms with Gasteiger partial charge in [-0.25, -0.2) is 0 Å². The molecule has 2 aliphatic carbocycles. The highest BCUT2D eigenvalue weighted by Gasteiger charge is 2.79. The zero-order valence-electron chi connectivity index (χ0n) is 16.1. The summed E-state index contributed by atoms with van der Waals surface area (Å²) in [7, 11) is 0. The predicted molar refractivity (Wildman–Crippen MR) is 97.7 cm³/mol. The van der Waals surface area contributed by atoms with E-state index in [1.54, 1.807) is 0 Å². The van der Waals surface area contributed by atoms with Gasteiger partial charge in [-0.1, -0.05) is 27.2 Å². The maximum absolute atomic E-state index is 9.72. The van der Waals surface area contributed by atoms with Gasteiger partial charge in [0, 0.05) is 24.7 Å². The first kappa shape index (κ1) is 16.1. The minimum Gasteiger partial charge on any atom is -0.396 e. The molecule has 0 aromatic rings. The number of rotatable bonds is 4. The van der Waals surface area contributed by atoms with Crippen LogP contribution in [0.15, 0.2) is 0 Å². The highest BCUT2D eigenvalue weighted by molar-refractivity contribution is 5.30. The van der Waals surface area contributed by atoms with Crippen molar-refractivity contribution in [3.8, 4) is 0 Å². The van der Waals surface area contributed by atoms with E-state index in [0.29, 0.717) is 23.0 Å². The fraction of sp³-hybridized carbons (Fsp3) is 1.00. The molecule has 0 radical (unpaired) electrons. The Morgan fingerprint density at radius 2 is 1.96 bits per heavy atom. The number of aliphatic hydroxyl groups is 1. The number of nitrogens with zero attached hydrogens (tertiary/aromatic N) is 1. The maximum Gasteiger partial charge on any atom is 0.0431 e. The van der Waals surface area contributed by atoms with Crippen molar-refractivity contribution in [3.05, 3.63) is 0 Å². The Morgan fingerprint density at radius 3 is 2.71 bits per heavy atom. The van der Waals surface area contributed by atoms with Crippen LogP contribution in [0.2, 0.25) is 0 Å². The minimum atomic E-state index is 0.390. The largest absolute Gasteiger partial charge is 0.396 e. The van der Waals surface area contributed by atoms with Crippen LogP contribution in [0.5, 0.6) is 0 Å². The molecular formula is C22H37NO. The number of aliphatic hydroxyl groups excluding tert-OH is 1. The quantitative estimate of drug-likeness (QED) is 0.822. The first-order valence-electron chi connectivity index (χ1n) is 10.9. The summed E-state index contributed by atoms with van der Waals surface area (Å²) < 4.78 is 0. The van der Waals surface area contributed by atoms with Gasteiger partial charge in [-0.3, -0.25) is 4.90 Å². The van der Waals surface area contributed by atoms with Crippen LogP contribution in [0.25, 0.3) is 0 Å². The fourth-order valence-corrected chi connectivity index (χ4v) is 9.38. The molecule has 8 atom stereocenters. The van der Waals surface area contributed by atoms with Crippen LogP contribution in [-0.2, 0) is 0 Å². The van der Waals surface area contributed by atoms with Crippen molar-refractivity contribution in [2.24, 2.45) is 34.5 Å².